The molecule has 0 radical (unpaired) electrons. The summed E-state index contributed by atoms with van der Waals surface area (Å²) in [4.78, 5) is 41.6. The Morgan fingerprint density at radius 1 is 0.879 bits per heavy atom. The number of rotatable bonds is 9. The van der Waals surface area contributed by atoms with Crippen LogP contribution in [0.3, 0.4) is 0 Å². The zero-order valence-electron chi connectivity index (χ0n) is 18.9. The van der Waals surface area contributed by atoms with Crippen LogP contribution in [0.25, 0.3) is 0 Å². The second-order valence-electron chi connectivity index (χ2n) is 7.09. The van der Waals surface area contributed by atoms with Gasteiger partial charge in [-0.1, -0.05) is 74.0 Å². The van der Waals surface area contributed by atoms with Gasteiger partial charge in [-0.25, -0.2) is 9.59 Å². The van der Waals surface area contributed by atoms with E-state index in [9.17, 15) is 14.4 Å². The van der Waals surface area contributed by atoms with Gasteiger partial charge in [0.25, 0.3) is 0 Å². The lowest BCUT2D eigenvalue weighted by molar-refractivity contribution is -0.143. The summed E-state index contributed by atoms with van der Waals surface area (Å²) < 4.78 is 15.4. The first-order chi connectivity index (χ1) is 16.0. The molecule has 0 aliphatic rings. The number of hydrogen-bond acceptors (Lipinski definition) is 6. The first kappa shape index (κ1) is 25.4. The largest absolute Gasteiger partial charge is 0.464 e. The maximum Gasteiger partial charge on any atom is 0.437 e. The molecule has 0 aliphatic carbocycles. The third kappa shape index (κ3) is 10.3. The SMILES string of the molecule is CCCCOC(=O)CN(C)/C(=N\C(=O)OCc1ccccc1)NC(=O)OCc1ccccc1. The molecule has 0 bridgehead atoms. The van der Waals surface area contributed by atoms with Crippen molar-refractivity contribution in [1.29, 1.82) is 0 Å². The molecule has 9 nitrogen and oxygen atoms in total. The molecule has 0 fully saturated rings. The van der Waals surface area contributed by atoms with E-state index in [2.05, 4.69) is 10.3 Å². The Bertz CT molecular complexity index is 918. The first-order valence-electron chi connectivity index (χ1n) is 10.6. The standard InChI is InChI=1S/C24H29N3O6/c1-3-4-15-31-21(28)16-27(2)22(25-23(29)32-17-19-11-7-5-8-12-19)26-24(30)33-18-20-13-9-6-10-14-20/h5-14H,3-4,15-18H2,1-2H3,(H,25,26,29,30). The van der Waals surface area contributed by atoms with Crippen molar-refractivity contribution >= 4 is 24.1 Å². The van der Waals surface area contributed by atoms with Gasteiger partial charge in [0.05, 0.1) is 6.61 Å². The molecule has 0 aliphatic heterocycles. The van der Waals surface area contributed by atoms with Gasteiger partial charge in [0, 0.05) is 7.05 Å². The van der Waals surface area contributed by atoms with E-state index in [0.717, 1.165) is 24.0 Å². The molecule has 0 saturated carbocycles. The number of alkyl carbamates (subject to hydrolysis) is 1. The van der Waals surface area contributed by atoms with E-state index in [1.54, 1.807) is 12.1 Å². The Morgan fingerprint density at radius 2 is 1.45 bits per heavy atom. The normalized spacial score (nSPS) is 10.8. The Hall–Kier alpha value is -3.88. The van der Waals surface area contributed by atoms with E-state index < -0.39 is 18.2 Å². The number of hydrogen-bond donors (Lipinski definition) is 1. The molecule has 0 saturated heterocycles. The molecule has 0 unspecified atom stereocenters. The minimum absolute atomic E-state index is 0.0116. The highest BCUT2D eigenvalue weighted by molar-refractivity contribution is 5.99. The average Bonchev–Trinajstić information content (AvgIpc) is 2.82. The molecule has 0 atom stereocenters. The van der Waals surface area contributed by atoms with Crippen LogP contribution < -0.4 is 5.32 Å². The number of likely N-dealkylation sites (N-methyl/N-ethyl adjacent to an activating group) is 1. The summed E-state index contributed by atoms with van der Waals surface area (Å²) in [5.41, 5.74) is 1.58. The molecule has 176 valence electrons. The minimum Gasteiger partial charge on any atom is -0.464 e. The van der Waals surface area contributed by atoms with Gasteiger partial charge in [-0.2, -0.15) is 0 Å². The zero-order valence-corrected chi connectivity index (χ0v) is 18.9. The number of benzene rings is 2. The van der Waals surface area contributed by atoms with Gasteiger partial charge in [0.1, 0.15) is 19.8 Å². The molecule has 2 aromatic rings. The van der Waals surface area contributed by atoms with Crippen molar-refractivity contribution in [3.05, 3.63) is 71.8 Å². The predicted molar refractivity (Wildman–Crippen MR) is 122 cm³/mol. The third-order valence-electron chi connectivity index (χ3n) is 4.32. The second kappa shape index (κ2) is 14.2. The van der Waals surface area contributed by atoms with Gasteiger partial charge in [-0.05, 0) is 17.5 Å². The number of esters is 1. The topological polar surface area (TPSA) is 107 Å². The van der Waals surface area contributed by atoms with E-state index >= 15 is 0 Å². The number of amides is 2. The first-order valence-corrected chi connectivity index (χ1v) is 10.6. The fourth-order valence-corrected chi connectivity index (χ4v) is 2.54. The summed E-state index contributed by atoms with van der Waals surface area (Å²) in [5, 5.41) is 2.39. The summed E-state index contributed by atoms with van der Waals surface area (Å²) in [6.45, 7) is 2.09. The van der Waals surface area contributed by atoms with Gasteiger partial charge in [0.2, 0.25) is 5.96 Å². The molecule has 2 rings (SSSR count). The number of carbonyl (C=O) groups excluding carboxylic acids is 3. The Morgan fingerprint density at radius 3 is 2.03 bits per heavy atom. The quantitative estimate of drug-likeness (QED) is 0.201. The highest BCUT2D eigenvalue weighted by Gasteiger charge is 2.18. The number of guanidine groups is 1. The van der Waals surface area contributed by atoms with Crippen LogP contribution in [0, 0.1) is 0 Å². The maximum atomic E-state index is 12.3. The summed E-state index contributed by atoms with van der Waals surface area (Å²) in [5.74, 6) is -0.714. The van der Waals surface area contributed by atoms with Crippen molar-refractivity contribution in [2.45, 2.75) is 33.0 Å². The molecule has 2 amide bonds. The van der Waals surface area contributed by atoms with Crippen molar-refractivity contribution in [3.8, 4) is 0 Å². The van der Waals surface area contributed by atoms with Gasteiger partial charge >= 0.3 is 18.2 Å². The zero-order chi connectivity index (χ0) is 23.9. The van der Waals surface area contributed by atoms with Crippen LogP contribution in [-0.4, -0.2) is 49.2 Å². The highest BCUT2D eigenvalue weighted by atomic mass is 16.6. The predicted octanol–water partition coefficient (Wildman–Crippen LogP) is 3.88. The van der Waals surface area contributed by atoms with Crippen LogP contribution >= 0.6 is 0 Å². The van der Waals surface area contributed by atoms with Gasteiger partial charge in [-0.3, -0.25) is 10.1 Å². The number of carbonyl (C=O) groups is 3. The molecule has 1 N–H and O–H groups in total. The van der Waals surface area contributed by atoms with E-state index in [1.165, 1.54) is 11.9 Å². The summed E-state index contributed by atoms with van der Waals surface area (Å²) in [7, 11) is 1.49. The van der Waals surface area contributed by atoms with E-state index in [4.69, 9.17) is 14.2 Å². The number of aliphatic imine (C=N–C) groups is 1. The summed E-state index contributed by atoms with van der Waals surface area (Å²) >= 11 is 0. The highest BCUT2D eigenvalue weighted by Crippen LogP contribution is 2.03. The van der Waals surface area contributed by atoms with E-state index in [-0.39, 0.29) is 25.7 Å². The molecular weight excluding hydrogens is 426 g/mol. The smallest absolute Gasteiger partial charge is 0.437 e. The van der Waals surface area contributed by atoms with Crippen LogP contribution in [0.2, 0.25) is 0 Å². The fourth-order valence-electron chi connectivity index (χ4n) is 2.54. The third-order valence-corrected chi connectivity index (χ3v) is 4.32. The lowest BCUT2D eigenvalue weighted by Gasteiger charge is -2.20. The number of nitrogens with one attached hydrogen (secondary N) is 1. The van der Waals surface area contributed by atoms with Crippen LogP contribution in [-0.2, 0) is 32.2 Å². The van der Waals surface area contributed by atoms with Gasteiger partial charge in [-0.15, -0.1) is 4.99 Å². The second-order valence-corrected chi connectivity index (χ2v) is 7.09. The monoisotopic (exact) mass is 455 g/mol. The molecular formula is C24H29N3O6. The van der Waals surface area contributed by atoms with Crippen LogP contribution in [0.4, 0.5) is 9.59 Å². The minimum atomic E-state index is -0.927. The van der Waals surface area contributed by atoms with Crippen LogP contribution in [0.5, 0.6) is 0 Å². The van der Waals surface area contributed by atoms with E-state index in [0.29, 0.717) is 6.61 Å². The van der Waals surface area contributed by atoms with Gasteiger partial charge < -0.3 is 19.1 Å². The average molecular weight is 456 g/mol. The number of unbranched alkanes of at least 4 members (excludes halogenated alkanes) is 1. The molecule has 33 heavy (non-hydrogen) atoms. The Balaban J connectivity index is 2.00. The van der Waals surface area contributed by atoms with Crippen molar-refractivity contribution in [2.24, 2.45) is 4.99 Å². The number of ether oxygens (including phenoxy) is 3. The number of nitrogens with zero attached hydrogens (tertiary/aromatic N) is 2. The molecule has 0 spiro atoms. The Kier molecular flexibility index (Phi) is 10.9. The lowest BCUT2D eigenvalue weighted by Crippen LogP contribution is -2.45. The van der Waals surface area contributed by atoms with Crippen molar-refractivity contribution in [3.63, 3.8) is 0 Å². The van der Waals surface area contributed by atoms with Crippen LogP contribution in [0.1, 0.15) is 30.9 Å². The lowest BCUT2D eigenvalue weighted by atomic mass is 10.2. The molecule has 9 heteroatoms. The van der Waals surface area contributed by atoms with Crippen molar-refractivity contribution < 1.29 is 28.6 Å². The van der Waals surface area contributed by atoms with Gasteiger partial charge in [0.15, 0.2) is 0 Å². The van der Waals surface area contributed by atoms with Crippen molar-refractivity contribution in [1.82, 2.24) is 10.2 Å². The van der Waals surface area contributed by atoms with Crippen LogP contribution in [0.15, 0.2) is 65.7 Å². The Labute approximate surface area is 193 Å². The molecule has 0 heterocycles. The summed E-state index contributed by atoms with van der Waals surface area (Å²) in [6, 6.07) is 18.2. The molecule has 2 aromatic carbocycles. The summed E-state index contributed by atoms with van der Waals surface area (Å²) in [6.07, 6.45) is -0.132. The van der Waals surface area contributed by atoms with E-state index in [1.807, 2.05) is 55.5 Å². The fraction of sp³-hybridized carbons (Fsp3) is 0.333. The molecule has 0 aromatic heterocycles. The van der Waals surface area contributed by atoms with Crippen molar-refractivity contribution in [2.75, 3.05) is 20.2 Å². The maximum absolute atomic E-state index is 12.3.